The van der Waals surface area contributed by atoms with E-state index in [4.69, 9.17) is 11.1 Å². The quantitative estimate of drug-likeness (QED) is 0.647. The van der Waals surface area contributed by atoms with E-state index in [9.17, 15) is 0 Å². The van der Waals surface area contributed by atoms with Gasteiger partial charge < -0.3 is 10.6 Å². The highest BCUT2D eigenvalue weighted by molar-refractivity contribution is 9.10. The number of amidine groups is 1. The van der Waals surface area contributed by atoms with Gasteiger partial charge in [0.15, 0.2) is 0 Å². The standard InChI is InChI=1S/C16H24BrN3/c1-11(2)12-5-4-9-20(10-8-12)14-7-3-6-13(17)15(14)16(18)19/h3,6-7,11-12H,4-5,8-10H2,1-2H3,(H3,18,19). The van der Waals surface area contributed by atoms with Crippen molar-refractivity contribution in [3.63, 3.8) is 0 Å². The highest BCUT2D eigenvalue weighted by Gasteiger charge is 2.22. The largest absolute Gasteiger partial charge is 0.384 e. The molecule has 0 aromatic heterocycles. The van der Waals surface area contributed by atoms with E-state index in [-0.39, 0.29) is 5.84 Å². The molecule has 1 aromatic carbocycles. The average molecular weight is 338 g/mol. The third kappa shape index (κ3) is 3.35. The normalized spacial score (nSPS) is 20.0. The zero-order valence-electron chi connectivity index (χ0n) is 12.3. The summed E-state index contributed by atoms with van der Waals surface area (Å²) in [5.41, 5.74) is 7.69. The van der Waals surface area contributed by atoms with Gasteiger partial charge in [-0.2, -0.15) is 0 Å². The highest BCUT2D eigenvalue weighted by Crippen LogP contribution is 2.31. The van der Waals surface area contributed by atoms with E-state index in [0.717, 1.165) is 40.6 Å². The van der Waals surface area contributed by atoms with E-state index < -0.39 is 0 Å². The van der Waals surface area contributed by atoms with Gasteiger partial charge in [0.2, 0.25) is 0 Å². The van der Waals surface area contributed by atoms with Crippen LogP contribution in [-0.2, 0) is 0 Å². The van der Waals surface area contributed by atoms with Crippen LogP contribution in [0.25, 0.3) is 0 Å². The maximum atomic E-state index is 7.82. The molecule has 1 saturated heterocycles. The molecule has 0 bridgehead atoms. The lowest BCUT2D eigenvalue weighted by Crippen LogP contribution is -2.28. The molecule has 2 rings (SSSR count). The molecular weight excluding hydrogens is 314 g/mol. The van der Waals surface area contributed by atoms with Crippen molar-refractivity contribution < 1.29 is 0 Å². The molecule has 3 N–H and O–H groups in total. The van der Waals surface area contributed by atoms with E-state index in [2.05, 4.69) is 40.7 Å². The lowest BCUT2D eigenvalue weighted by molar-refractivity contribution is 0.351. The Hall–Kier alpha value is -1.03. The molecule has 3 nitrogen and oxygen atoms in total. The molecule has 1 aliphatic heterocycles. The summed E-state index contributed by atoms with van der Waals surface area (Å²) in [7, 11) is 0. The Labute approximate surface area is 130 Å². The van der Waals surface area contributed by atoms with Crippen molar-refractivity contribution in [2.24, 2.45) is 17.6 Å². The van der Waals surface area contributed by atoms with Crippen LogP contribution in [0, 0.1) is 17.2 Å². The maximum Gasteiger partial charge on any atom is 0.126 e. The Morgan fingerprint density at radius 3 is 2.75 bits per heavy atom. The van der Waals surface area contributed by atoms with Gasteiger partial charge in [-0.1, -0.05) is 19.9 Å². The Kier molecular flexibility index (Phi) is 5.08. The van der Waals surface area contributed by atoms with Crippen LogP contribution >= 0.6 is 15.9 Å². The maximum absolute atomic E-state index is 7.82. The molecular formula is C16H24BrN3. The van der Waals surface area contributed by atoms with Gasteiger partial charge in [0.25, 0.3) is 0 Å². The molecule has 0 saturated carbocycles. The van der Waals surface area contributed by atoms with Gasteiger partial charge >= 0.3 is 0 Å². The number of hydrogen-bond acceptors (Lipinski definition) is 2. The highest BCUT2D eigenvalue weighted by atomic mass is 79.9. The number of nitrogens with one attached hydrogen (secondary N) is 1. The monoisotopic (exact) mass is 337 g/mol. The van der Waals surface area contributed by atoms with Gasteiger partial charge in [0.1, 0.15) is 5.84 Å². The SMILES string of the molecule is CC(C)C1CCCN(c2cccc(Br)c2C(=N)N)CC1. The van der Waals surface area contributed by atoms with Gasteiger partial charge in [-0.25, -0.2) is 0 Å². The minimum Gasteiger partial charge on any atom is -0.384 e. The first-order valence-electron chi connectivity index (χ1n) is 7.38. The van der Waals surface area contributed by atoms with Crippen LogP contribution in [0.1, 0.15) is 38.7 Å². The second kappa shape index (κ2) is 6.61. The molecule has 1 unspecified atom stereocenters. The van der Waals surface area contributed by atoms with Crippen molar-refractivity contribution in [1.29, 1.82) is 5.41 Å². The van der Waals surface area contributed by atoms with Crippen LogP contribution in [-0.4, -0.2) is 18.9 Å². The molecule has 0 amide bonds. The fraction of sp³-hybridized carbons (Fsp3) is 0.562. The van der Waals surface area contributed by atoms with Gasteiger partial charge in [0, 0.05) is 23.2 Å². The summed E-state index contributed by atoms with van der Waals surface area (Å²) in [5.74, 6) is 1.70. The molecule has 0 radical (unpaired) electrons. The molecule has 1 heterocycles. The molecule has 20 heavy (non-hydrogen) atoms. The topological polar surface area (TPSA) is 53.1 Å². The zero-order valence-corrected chi connectivity index (χ0v) is 13.9. The number of nitrogen functional groups attached to an aromatic ring is 1. The Bertz CT molecular complexity index is 485. The van der Waals surface area contributed by atoms with E-state index in [1.807, 2.05) is 12.1 Å². The summed E-state index contributed by atoms with van der Waals surface area (Å²) in [6.45, 7) is 6.75. The second-order valence-corrected chi connectivity index (χ2v) is 6.82. The van der Waals surface area contributed by atoms with Crippen LogP contribution < -0.4 is 10.6 Å². The summed E-state index contributed by atoms with van der Waals surface area (Å²) in [5, 5.41) is 7.82. The van der Waals surface area contributed by atoms with Crippen LogP contribution in [0.3, 0.4) is 0 Å². The number of rotatable bonds is 3. The van der Waals surface area contributed by atoms with Gasteiger partial charge in [-0.05, 0) is 59.2 Å². The Morgan fingerprint density at radius 2 is 2.10 bits per heavy atom. The first-order valence-corrected chi connectivity index (χ1v) is 8.18. The van der Waals surface area contributed by atoms with E-state index in [1.165, 1.54) is 19.3 Å². The fourth-order valence-corrected chi connectivity index (χ4v) is 3.64. The summed E-state index contributed by atoms with van der Waals surface area (Å²) < 4.78 is 0.909. The van der Waals surface area contributed by atoms with Gasteiger partial charge in [0.05, 0.1) is 5.56 Å². The van der Waals surface area contributed by atoms with Crippen LogP contribution in [0.4, 0.5) is 5.69 Å². The van der Waals surface area contributed by atoms with Gasteiger partial charge in [-0.15, -0.1) is 0 Å². The number of benzene rings is 1. The molecule has 4 heteroatoms. The second-order valence-electron chi connectivity index (χ2n) is 5.97. The van der Waals surface area contributed by atoms with Crippen molar-refractivity contribution in [3.8, 4) is 0 Å². The molecule has 1 aromatic rings. The number of nitrogens with two attached hydrogens (primary N) is 1. The Balaban J connectivity index is 2.24. The molecule has 0 aliphatic carbocycles. The average Bonchev–Trinajstić information content (AvgIpc) is 2.63. The number of nitrogens with zero attached hydrogens (tertiary/aromatic N) is 1. The molecule has 1 fully saturated rings. The van der Waals surface area contributed by atoms with Crippen molar-refractivity contribution >= 4 is 27.5 Å². The van der Waals surface area contributed by atoms with Crippen molar-refractivity contribution in [3.05, 3.63) is 28.2 Å². The number of halogens is 1. The van der Waals surface area contributed by atoms with Crippen molar-refractivity contribution in [1.82, 2.24) is 0 Å². The summed E-state index contributed by atoms with van der Waals surface area (Å²) in [6, 6.07) is 6.06. The third-order valence-corrected chi connectivity index (χ3v) is 4.98. The van der Waals surface area contributed by atoms with E-state index in [0.29, 0.717) is 0 Å². The van der Waals surface area contributed by atoms with Crippen molar-refractivity contribution in [2.75, 3.05) is 18.0 Å². The predicted molar refractivity (Wildman–Crippen MR) is 89.6 cm³/mol. The Morgan fingerprint density at radius 1 is 1.35 bits per heavy atom. The third-order valence-electron chi connectivity index (χ3n) is 4.32. The van der Waals surface area contributed by atoms with E-state index >= 15 is 0 Å². The zero-order chi connectivity index (χ0) is 14.7. The lowest BCUT2D eigenvalue weighted by Gasteiger charge is -2.26. The van der Waals surface area contributed by atoms with Crippen LogP contribution in [0.15, 0.2) is 22.7 Å². The smallest absolute Gasteiger partial charge is 0.126 e. The molecule has 110 valence electrons. The molecule has 1 aliphatic rings. The fourth-order valence-electron chi connectivity index (χ4n) is 3.07. The number of hydrogen-bond donors (Lipinski definition) is 2. The minimum absolute atomic E-state index is 0.136. The predicted octanol–water partition coefficient (Wildman–Crippen LogP) is 4.00. The first kappa shape index (κ1) is 15.4. The van der Waals surface area contributed by atoms with Crippen LogP contribution in [0.2, 0.25) is 0 Å². The summed E-state index contributed by atoms with van der Waals surface area (Å²) in [6.07, 6.45) is 3.74. The molecule has 0 spiro atoms. The minimum atomic E-state index is 0.136. The lowest BCUT2D eigenvalue weighted by atomic mass is 9.89. The van der Waals surface area contributed by atoms with E-state index in [1.54, 1.807) is 0 Å². The molecule has 1 atom stereocenters. The van der Waals surface area contributed by atoms with Crippen molar-refractivity contribution in [2.45, 2.75) is 33.1 Å². The van der Waals surface area contributed by atoms with Gasteiger partial charge in [-0.3, -0.25) is 5.41 Å². The first-order chi connectivity index (χ1) is 9.50. The summed E-state index contributed by atoms with van der Waals surface area (Å²) in [4.78, 5) is 2.39. The summed E-state index contributed by atoms with van der Waals surface area (Å²) >= 11 is 3.52. The number of anilines is 1. The van der Waals surface area contributed by atoms with Crippen LogP contribution in [0.5, 0.6) is 0 Å².